The fourth-order valence-corrected chi connectivity index (χ4v) is 10.1. The molecule has 0 aliphatic heterocycles. The molecule has 8 aromatic carbocycles. The van der Waals surface area contributed by atoms with Crippen molar-refractivity contribution in [3.8, 4) is 28.3 Å². The van der Waals surface area contributed by atoms with E-state index >= 15 is 0 Å². The second-order valence-electron chi connectivity index (χ2n) is 14.5. The number of rotatable bonds is 3. The first kappa shape index (κ1) is 30.1. The fourth-order valence-electron chi connectivity index (χ4n) is 8.97. The Bertz CT molecular complexity index is 3770. The van der Waals surface area contributed by atoms with Gasteiger partial charge in [-0.3, -0.25) is 4.57 Å². The van der Waals surface area contributed by atoms with Crippen LogP contribution in [0.4, 0.5) is 0 Å². The Hall–Kier alpha value is -7.28. The normalized spacial score (nSPS) is 12.3. The minimum atomic E-state index is 0.617. The highest BCUT2D eigenvalue weighted by Gasteiger charge is 2.24. The predicted molar refractivity (Wildman–Crippen MR) is 232 cm³/mol. The van der Waals surface area contributed by atoms with Crippen LogP contribution in [0.15, 0.2) is 173 Å². The first-order valence-corrected chi connectivity index (χ1v) is 19.6. The smallest absolute Gasteiger partial charge is 0.235 e. The number of aromatic nitrogens is 3. The maximum absolute atomic E-state index is 7.01. The van der Waals surface area contributed by atoms with E-state index in [1.54, 1.807) is 11.3 Å². The largest absolute Gasteiger partial charge is 0.456 e. The Morgan fingerprint density at radius 2 is 1.18 bits per heavy atom. The average Bonchev–Trinajstić information content (AvgIpc) is 4.02. The van der Waals surface area contributed by atoms with Crippen molar-refractivity contribution in [3.05, 3.63) is 164 Å². The first-order valence-electron chi connectivity index (χ1n) is 18.7. The molecule has 260 valence electrons. The van der Waals surface area contributed by atoms with Crippen LogP contribution in [-0.4, -0.2) is 14.5 Å². The average molecular weight is 734 g/mol. The van der Waals surface area contributed by atoms with Crippen molar-refractivity contribution in [2.24, 2.45) is 0 Å². The Kier molecular flexibility index (Phi) is 5.98. The standard InChI is InChI=1S/C50H27N3O2S/c1-2-12-28(13-3-1)36-27-42-44(32-16-5-4-14-30(32)36)35-23-24-39-45(48(35)55-42)33-17-6-9-19-38(33)53(39)50-51-46(49-47(52-50)34-18-8-11-21-43(34)56-49)29-22-25-41-37(26-29)31-15-7-10-20-40(31)54-41/h1-27H. The zero-order chi connectivity index (χ0) is 36.5. The molecule has 0 N–H and O–H groups in total. The van der Waals surface area contributed by atoms with Gasteiger partial charge in [-0.1, -0.05) is 109 Å². The summed E-state index contributed by atoms with van der Waals surface area (Å²) in [5.41, 5.74) is 10.7. The minimum absolute atomic E-state index is 0.617. The molecular formula is C50H27N3O2S. The van der Waals surface area contributed by atoms with Crippen molar-refractivity contribution in [1.82, 2.24) is 14.5 Å². The Labute approximate surface area is 322 Å². The van der Waals surface area contributed by atoms with E-state index in [4.69, 9.17) is 18.8 Å². The molecule has 0 amide bonds. The van der Waals surface area contributed by atoms with Gasteiger partial charge in [-0.15, -0.1) is 11.3 Å². The van der Waals surface area contributed by atoms with Gasteiger partial charge in [0.25, 0.3) is 0 Å². The predicted octanol–water partition coefficient (Wildman–Crippen LogP) is 14.2. The second-order valence-corrected chi connectivity index (χ2v) is 15.5. The number of para-hydroxylation sites is 2. The Morgan fingerprint density at radius 3 is 2.07 bits per heavy atom. The van der Waals surface area contributed by atoms with Crippen LogP contribution in [0.3, 0.4) is 0 Å². The summed E-state index contributed by atoms with van der Waals surface area (Å²) >= 11 is 1.74. The molecule has 13 aromatic rings. The van der Waals surface area contributed by atoms with E-state index in [9.17, 15) is 0 Å². The van der Waals surface area contributed by atoms with E-state index in [0.717, 1.165) is 104 Å². The van der Waals surface area contributed by atoms with Crippen LogP contribution in [0, 0.1) is 0 Å². The van der Waals surface area contributed by atoms with E-state index in [1.165, 1.54) is 15.5 Å². The summed E-state index contributed by atoms with van der Waals surface area (Å²) in [6.45, 7) is 0. The van der Waals surface area contributed by atoms with E-state index in [-0.39, 0.29) is 0 Å². The Balaban J connectivity index is 1.12. The van der Waals surface area contributed by atoms with Crippen LogP contribution in [-0.2, 0) is 0 Å². The van der Waals surface area contributed by atoms with Gasteiger partial charge in [0.1, 0.15) is 22.3 Å². The maximum atomic E-state index is 7.01. The quantitative estimate of drug-likeness (QED) is 0.181. The molecule has 0 spiro atoms. The number of thiophene rings is 1. The van der Waals surface area contributed by atoms with Crippen LogP contribution >= 0.6 is 11.3 Å². The molecule has 5 nitrogen and oxygen atoms in total. The van der Waals surface area contributed by atoms with Gasteiger partial charge >= 0.3 is 0 Å². The van der Waals surface area contributed by atoms with Crippen molar-refractivity contribution < 1.29 is 8.83 Å². The monoisotopic (exact) mass is 733 g/mol. The summed E-state index contributed by atoms with van der Waals surface area (Å²) in [5.74, 6) is 0.617. The van der Waals surface area contributed by atoms with Crippen LogP contribution < -0.4 is 0 Å². The molecule has 0 aliphatic carbocycles. The van der Waals surface area contributed by atoms with Gasteiger partial charge in [0.05, 0.1) is 32.3 Å². The summed E-state index contributed by atoms with van der Waals surface area (Å²) in [4.78, 5) is 10.9. The maximum Gasteiger partial charge on any atom is 0.235 e. The SMILES string of the molecule is c1ccc(-c2cc3oc4c(ccc5c4c4ccccc4n5-c4nc(-c5ccc6oc7ccccc7c6c5)c5sc6ccccc6c5n4)c3c3ccccc23)cc1. The molecule has 5 aromatic heterocycles. The fraction of sp³-hybridized carbons (Fsp3) is 0. The zero-order valence-electron chi connectivity index (χ0n) is 29.7. The van der Waals surface area contributed by atoms with Gasteiger partial charge in [-0.2, -0.15) is 0 Å². The van der Waals surface area contributed by atoms with Crippen molar-refractivity contribution in [2.45, 2.75) is 0 Å². The number of nitrogens with zero attached hydrogens (tertiary/aromatic N) is 3. The van der Waals surface area contributed by atoms with Crippen LogP contribution in [0.5, 0.6) is 0 Å². The molecule has 13 rings (SSSR count). The molecule has 5 heterocycles. The van der Waals surface area contributed by atoms with Crippen molar-refractivity contribution in [3.63, 3.8) is 0 Å². The third-order valence-electron chi connectivity index (χ3n) is 11.4. The van der Waals surface area contributed by atoms with Crippen LogP contribution in [0.25, 0.3) is 125 Å². The lowest BCUT2D eigenvalue weighted by Crippen LogP contribution is -2.02. The number of benzene rings is 8. The van der Waals surface area contributed by atoms with E-state index in [0.29, 0.717) is 5.95 Å². The van der Waals surface area contributed by atoms with Gasteiger partial charge in [0, 0.05) is 42.6 Å². The molecule has 0 unspecified atom stereocenters. The van der Waals surface area contributed by atoms with Crippen molar-refractivity contribution in [2.75, 3.05) is 0 Å². The molecule has 6 heteroatoms. The lowest BCUT2D eigenvalue weighted by atomic mass is 9.95. The first-order chi connectivity index (χ1) is 27.8. The number of hydrogen-bond acceptors (Lipinski definition) is 5. The lowest BCUT2D eigenvalue weighted by Gasteiger charge is -2.10. The van der Waals surface area contributed by atoms with Gasteiger partial charge in [-0.25, -0.2) is 9.97 Å². The Morgan fingerprint density at radius 1 is 0.446 bits per heavy atom. The molecule has 0 bridgehead atoms. The highest BCUT2D eigenvalue weighted by atomic mass is 32.1. The van der Waals surface area contributed by atoms with E-state index in [1.807, 2.05) is 12.1 Å². The number of fused-ring (bicyclic) bond motifs is 15. The third-order valence-corrected chi connectivity index (χ3v) is 12.6. The van der Waals surface area contributed by atoms with Gasteiger partial charge in [-0.05, 0) is 76.5 Å². The molecule has 0 radical (unpaired) electrons. The van der Waals surface area contributed by atoms with E-state index in [2.05, 4.69) is 156 Å². The molecule has 0 fully saturated rings. The highest BCUT2D eigenvalue weighted by Crippen LogP contribution is 2.46. The third kappa shape index (κ3) is 4.08. The van der Waals surface area contributed by atoms with Crippen molar-refractivity contribution in [1.29, 1.82) is 0 Å². The van der Waals surface area contributed by atoms with E-state index < -0.39 is 0 Å². The van der Waals surface area contributed by atoms with Gasteiger partial charge in [0.2, 0.25) is 5.95 Å². The molecule has 0 aliphatic rings. The summed E-state index contributed by atoms with van der Waals surface area (Å²) in [6, 6.07) is 57.5. The number of hydrogen-bond donors (Lipinski definition) is 0. The zero-order valence-corrected chi connectivity index (χ0v) is 30.5. The summed E-state index contributed by atoms with van der Waals surface area (Å²) < 4.78 is 17.7. The summed E-state index contributed by atoms with van der Waals surface area (Å²) in [6.07, 6.45) is 0. The molecule has 0 atom stereocenters. The highest BCUT2D eigenvalue weighted by molar-refractivity contribution is 7.26. The van der Waals surface area contributed by atoms with Crippen LogP contribution in [0.2, 0.25) is 0 Å². The molecular weight excluding hydrogens is 707 g/mol. The summed E-state index contributed by atoms with van der Waals surface area (Å²) in [7, 11) is 0. The van der Waals surface area contributed by atoms with Crippen molar-refractivity contribution >= 4 is 108 Å². The molecule has 0 saturated carbocycles. The van der Waals surface area contributed by atoms with Gasteiger partial charge < -0.3 is 8.83 Å². The lowest BCUT2D eigenvalue weighted by molar-refractivity contribution is 0.669. The topological polar surface area (TPSA) is 57.0 Å². The number of furan rings is 2. The summed E-state index contributed by atoms with van der Waals surface area (Å²) in [5, 5.41) is 10.0. The van der Waals surface area contributed by atoms with Gasteiger partial charge in [0.15, 0.2) is 0 Å². The molecule has 0 saturated heterocycles. The molecule has 56 heavy (non-hydrogen) atoms. The van der Waals surface area contributed by atoms with Crippen LogP contribution in [0.1, 0.15) is 0 Å². The second kappa shape index (κ2) is 11.1. The minimum Gasteiger partial charge on any atom is -0.456 e.